The van der Waals surface area contributed by atoms with Crippen LogP contribution < -0.4 is 9.30 Å². The Labute approximate surface area is 108 Å². The molecule has 2 nitrogen and oxygen atoms in total. The van der Waals surface area contributed by atoms with E-state index in [2.05, 4.69) is 28.9 Å². The van der Waals surface area contributed by atoms with Gasteiger partial charge in [-0.3, -0.25) is 0 Å². The van der Waals surface area contributed by atoms with Gasteiger partial charge in [0.2, 0.25) is 5.69 Å². The van der Waals surface area contributed by atoms with Gasteiger partial charge >= 0.3 is 0 Å². The molecule has 2 aromatic rings. The Balaban J connectivity index is 2.26. The van der Waals surface area contributed by atoms with Gasteiger partial charge in [0.1, 0.15) is 12.8 Å². The van der Waals surface area contributed by atoms with E-state index in [9.17, 15) is 0 Å². The third kappa shape index (κ3) is 2.98. The number of pyridine rings is 1. The number of nitrogens with zero attached hydrogens (tertiary/aromatic N) is 1. The number of hydrogen-bond acceptors (Lipinski definition) is 1. The summed E-state index contributed by atoms with van der Waals surface area (Å²) in [7, 11) is 2.04. The van der Waals surface area contributed by atoms with Crippen LogP contribution in [0.15, 0.2) is 48.7 Å². The van der Waals surface area contributed by atoms with Gasteiger partial charge in [0.05, 0.1) is 6.61 Å². The van der Waals surface area contributed by atoms with E-state index in [1.807, 2.05) is 50.5 Å². The molecule has 18 heavy (non-hydrogen) atoms. The number of rotatable bonds is 4. The van der Waals surface area contributed by atoms with Crippen molar-refractivity contribution in [2.45, 2.75) is 6.92 Å². The summed E-state index contributed by atoms with van der Waals surface area (Å²) in [6, 6.07) is 14.2. The van der Waals surface area contributed by atoms with Crippen LogP contribution in [0, 0.1) is 0 Å². The standard InChI is InChI=1S/C16H18NO/c1-3-18-16-10-5-4-8-14(16)11-12-15-9-6-7-13-17(15)2/h4-13H,3H2,1-2H3/q+1. The van der Waals surface area contributed by atoms with Gasteiger partial charge in [0, 0.05) is 23.8 Å². The maximum absolute atomic E-state index is 5.60. The molecule has 92 valence electrons. The Bertz CT molecular complexity index is 546. The molecule has 0 amide bonds. The van der Waals surface area contributed by atoms with Crippen LogP contribution in [0.25, 0.3) is 12.2 Å². The van der Waals surface area contributed by atoms with Crippen LogP contribution >= 0.6 is 0 Å². The summed E-state index contributed by atoms with van der Waals surface area (Å²) in [6.07, 6.45) is 6.21. The first-order valence-corrected chi connectivity index (χ1v) is 6.16. The zero-order valence-corrected chi connectivity index (χ0v) is 10.8. The molecule has 0 radical (unpaired) electrons. The average molecular weight is 240 g/mol. The van der Waals surface area contributed by atoms with E-state index in [-0.39, 0.29) is 0 Å². The number of hydrogen-bond donors (Lipinski definition) is 0. The Kier molecular flexibility index (Phi) is 4.13. The van der Waals surface area contributed by atoms with Crippen LogP contribution in [0.4, 0.5) is 0 Å². The van der Waals surface area contributed by atoms with Gasteiger partial charge < -0.3 is 4.74 Å². The van der Waals surface area contributed by atoms with Crippen molar-refractivity contribution in [3.8, 4) is 5.75 Å². The fraction of sp³-hybridized carbons (Fsp3) is 0.188. The molecular weight excluding hydrogens is 222 g/mol. The lowest BCUT2D eigenvalue weighted by molar-refractivity contribution is -0.673. The van der Waals surface area contributed by atoms with E-state index in [0.717, 1.165) is 17.0 Å². The normalized spacial score (nSPS) is 10.8. The Hall–Kier alpha value is -2.09. The van der Waals surface area contributed by atoms with E-state index in [4.69, 9.17) is 4.74 Å². The topological polar surface area (TPSA) is 13.1 Å². The van der Waals surface area contributed by atoms with Crippen LogP contribution in [0.3, 0.4) is 0 Å². The molecule has 2 heteroatoms. The van der Waals surface area contributed by atoms with E-state index in [1.54, 1.807) is 0 Å². The average Bonchev–Trinajstić information content (AvgIpc) is 2.40. The zero-order chi connectivity index (χ0) is 12.8. The van der Waals surface area contributed by atoms with Crippen LogP contribution in [0.5, 0.6) is 5.75 Å². The number of ether oxygens (including phenoxy) is 1. The first-order chi connectivity index (χ1) is 8.81. The number of aryl methyl sites for hydroxylation is 1. The van der Waals surface area contributed by atoms with Crippen molar-refractivity contribution in [2.24, 2.45) is 7.05 Å². The van der Waals surface area contributed by atoms with Crippen LogP contribution in [0.2, 0.25) is 0 Å². The van der Waals surface area contributed by atoms with Crippen LogP contribution in [0.1, 0.15) is 18.2 Å². The minimum atomic E-state index is 0.684. The Morgan fingerprint density at radius 2 is 1.83 bits per heavy atom. The second-order valence-electron chi connectivity index (χ2n) is 4.04. The molecule has 0 aliphatic carbocycles. The smallest absolute Gasteiger partial charge is 0.204 e. The lowest BCUT2D eigenvalue weighted by Gasteiger charge is -2.05. The van der Waals surface area contributed by atoms with Crippen molar-refractivity contribution >= 4 is 12.2 Å². The summed E-state index contributed by atoms with van der Waals surface area (Å²) in [5, 5.41) is 0. The van der Waals surface area contributed by atoms with E-state index in [0.29, 0.717) is 6.61 Å². The van der Waals surface area contributed by atoms with Crippen molar-refractivity contribution < 1.29 is 9.30 Å². The second kappa shape index (κ2) is 6.01. The summed E-state index contributed by atoms with van der Waals surface area (Å²) in [4.78, 5) is 0. The Morgan fingerprint density at radius 1 is 1.06 bits per heavy atom. The van der Waals surface area contributed by atoms with Crippen molar-refractivity contribution in [3.63, 3.8) is 0 Å². The maximum atomic E-state index is 5.60. The quantitative estimate of drug-likeness (QED) is 0.749. The van der Waals surface area contributed by atoms with Crippen molar-refractivity contribution in [2.75, 3.05) is 6.61 Å². The Morgan fingerprint density at radius 3 is 2.61 bits per heavy atom. The molecule has 1 heterocycles. The maximum Gasteiger partial charge on any atom is 0.204 e. The summed E-state index contributed by atoms with van der Waals surface area (Å²) >= 11 is 0. The minimum absolute atomic E-state index is 0.684. The van der Waals surface area contributed by atoms with E-state index < -0.39 is 0 Å². The SMILES string of the molecule is CCOc1ccccc1C=Cc1cccc[n+]1C. The minimum Gasteiger partial charge on any atom is -0.493 e. The van der Waals surface area contributed by atoms with Gasteiger partial charge in [0.15, 0.2) is 6.20 Å². The molecule has 1 aromatic carbocycles. The van der Waals surface area contributed by atoms with Gasteiger partial charge in [-0.15, -0.1) is 0 Å². The monoisotopic (exact) mass is 240 g/mol. The van der Waals surface area contributed by atoms with E-state index >= 15 is 0 Å². The van der Waals surface area contributed by atoms with Gasteiger partial charge in [0.25, 0.3) is 0 Å². The van der Waals surface area contributed by atoms with Gasteiger partial charge in [-0.2, -0.15) is 0 Å². The summed E-state index contributed by atoms with van der Waals surface area (Å²) in [6.45, 7) is 2.68. The molecule has 0 saturated heterocycles. The van der Waals surface area contributed by atoms with Crippen LogP contribution in [-0.4, -0.2) is 6.61 Å². The molecule has 2 rings (SSSR count). The molecule has 0 atom stereocenters. The molecule has 0 saturated carbocycles. The van der Waals surface area contributed by atoms with Gasteiger partial charge in [-0.1, -0.05) is 18.2 Å². The van der Waals surface area contributed by atoms with E-state index in [1.165, 1.54) is 0 Å². The lowest BCUT2D eigenvalue weighted by atomic mass is 10.1. The summed E-state index contributed by atoms with van der Waals surface area (Å²) < 4.78 is 7.68. The summed E-state index contributed by atoms with van der Waals surface area (Å²) in [5.74, 6) is 0.926. The molecule has 1 aromatic heterocycles. The predicted molar refractivity (Wildman–Crippen MR) is 74.2 cm³/mol. The molecule has 0 unspecified atom stereocenters. The van der Waals surface area contributed by atoms with Crippen molar-refractivity contribution in [3.05, 3.63) is 59.9 Å². The van der Waals surface area contributed by atoms with Gasteiger partial charge in [-0.05, 0) is 25.1 Å². The first kappa shape index (κ1) is 12.4. The highest BCUT2D eigenvalue weighted by Crippen LogP contribution is 2.20. The zero-order valence-electron chi connectivity index (χ0n) is 10.8. The summed E-state index contributed by atoms with van der Waals surface area (Å²) in [5.41, 5.74) is 2.26. The molecule has 0 N–H and O–H groups in total. The number of benzene rings is 1. The third-order valence-electron chi connectivity index (χ3n) is 2.75. The van der Waals surface area contributed by atoms with Crippen LogP contribution in [-0.2, 0) is 7.05 Å². The highest BCUT2D eigenvalue weighted by Gasteiger charge is 2.01. The molecule has 0 spiro atoms. The fourth-order valence-corrected chi connectivity index (χ4v) is 1.79. The number of aromatic nitrogens is 1. The molecular formula is C16H18NO+. The van der Waals surface area contributed by atoms with Gasteiger partial charge in [-0.25, -0.2) is 4.57 Å². The third-order valence-corrected chi connectivity index (χ3v) is 2.75. The largest absolute Gasteiger partial charge is 0.493 e. The number of para-hydroxylation sites is 1. The highest BCUT2D eigenvalue weighted by atomic mass is 16.5. The first-order valence-electron chi connectivity index (χ1n) is 6.16. The highest BCUT2D eigenvalue weighted by molar-refractivity contribution is 5.70. The second-order valence-corrected chi connectivity index (χ2v) is 4.04. The molecule has 0 aliphatic rings. The molecule has 0 aliphatic heterocycles. The van der Waals surface area contributed by atoms with Crippen molar-refractivity contribution in [1.29, 1.82) is 0 Å². The molecule has 0 bridgehead atoms. The predicted octanol–water partition coefficient (Wildman–Crippen LogP) is 3.08. The fourth-order valence-electron chi connectivity index (χ4n) is 1.79. The lowest BCUT2D eigenvalue weighted by Crippen LogP contribution is -2.30. The molecule has 0 fully saturated rings. The van der Waals surface area contributed by atoms with Crippen molar-refractivity contribution in [1.82, 2.24) is 0 Å².